The van der Waals surface area contributed by atoms with Gasteiger partial charge in [-0.2, -0.15) is 0 Å². The molecule has 0 fully saturated rings. The minimum absolute atomic E-state index is 0.00775. The third-order valence-corrected chi connectivity index (χ3v) is 4.55. The standard InChI is InChI=1S/C20H23N3O2/c21-17-8-5-14(6-9-17)11-12-22-19(24)10-7-16-13-15-3-1-2-4-18(15)23-20(16)25/h1-6,8-9,16H,7,10-13,21H2,(H,22,24)(H,23,25). The van der Waals surface area contributed by atoms with Gasteiger partial charge in [0.1, 0.15) is 0 Å². The van der Waals surface area contributed by atoms with E-state index in [-0.39, 0.29) is 17.7 Å². The van der Waals surface area contributed by atoms with Gasteiger partial charge in [-0.25, -0.2) is 0 Å². The van der Waals surface area contributed by atoms with E-state index in [0.717, 1.165) is 28.9 Å². The Hall–Kier alpha value is -2.82. The van der Waals surface area contributed by atoms with Crippen LogP contribution >= 0.6 is 0 Å². The number of benzene rings is 2. The number of fused-ring (bicyclic) bond motifs is 1. The first kappa shape index (κ1) is 17.0. The van der Waals surface area contributed by atoms with Crippen LogP contribution in [0, 0.1) is 5.92 Å². The van der Waals surface area contributed by atoms with Gasteiger partial charge in [0, 0.05) is 30.3 Å². The van der Waals surface area contributed by atoms with Crippen LogP contribution < -0.4 is 16.4 Å². The van der Waals surface area contributed by atoms with Crippen LogP contribution in [-0.2, 0) is 22.4 Å². The fraction of sp³-hybridized carbons (Fsp3) is 0.300. The van der Waals surface area contributed by atoms with Gasteiger partial charge in [0.05, 0.1) is 0 Å². The van der Waals surface area contributed by atoms with Crippen LogP contribution in [0.4, 0.5) is 11.4 Å². The number of anilines is 2. The Morgan fingerprint density at radius 1 is 1.16 bits per heavy atom. The summed E-state index contributed by atoms with van der Waals surface area (Å²) < 4.78 is 0. The van der Waals surface area contributed by atoms with E-state index < -0.39 is 0 Å². The summed E-state index contributed by atoms with van der Waals surface area (Å²) in [4.78, 5) is 24.2. The smallest absolute Gasteiger partial charge is 0.227 e. The molecule has 1 unspecified atom stereocenters. The maximum absolute atomic E-state index is 12.1. The monoisotopic (exact) mass is 337 g/mol. The molecule has 0 spiro atoms. The maximum atomic E-state index is 12.1. The van der Waals surface area contributed by atoms with Gasteiger partial charge in [0.15, 0.2) is 0 Å². The molecule has 0 bridgehead atoms. The Labute approximate surface area is 147 Å². The lowest BCUT2D eigenvalue weighted by Crippen LogP contribution is -2.32. The Kier molecular flexibility index (Phi) is 5.33. The van der Waals surface area contributed by atoms with Gasteiger partial charge in [-0.3, -0.25) is 9.59 Å². The molecule has 3 rings (SSSR count). The number of hydrogen-bond donors (Lipinski definition) is 3. The summed E-state index contributed by atoms with van der Waals surface area (Å²) in [7, 11) is 0. The van der Waals surface area contributed by atoms with E-state index in [4.69, 9.17) is 5.73 Å². The SMILES string of the molecule is Nc1ccc(CCNC(=O)CCC2Cc3ccccc3NC2=O)cc1. The van der Waals surface area contributed by atoms with Gasteiger partial charge in [-0.05, 0) is 48.6 Å². The van der Waals surface area contributed by atoms with Crippen molar-refractivity contribution >= 4 is 23.2 Å². The lowest BCUT2D eigenvalue weighted by Gasteiger charge is -2.24. The van der Waals surface area contributed by atoms with Crippen molar-refractivity contribution < 1.29 is 9.59 Å². The zero-order valence-corrected chi connectivity index (χ0v) is 14.1. The number of carbonyl (C=O) groups is 2. The lowest BCUT2D eigenvalue weighted by atomic mass is 9.89. The summed E-state index contributed by atoms with van der Waals surface area (Å²) in [6.07, 6.45) is 2.39. The predicted octanol–water partition coefficient (Wildman–Crippen LogP) is 2.52. The highest BCUT2D eigenvalue weighted by Crippen LogP contribution is 2.27. The van der Waals surface area contributed by atoms with E-state index in [1.165, 1.54) is 0 Å². The van der Waals surface area contributed by atoms with Crippen LogP contribution in [0.5, 0.6) is 0 Å². The average Bonchev–Trinajstić information content (AvgIpc) is 2.61. The van der Waals surface area contributed by atoms with Crippen molar-refractivity contribution in [1.82, 2.24) is 5.32 Å². The zero-order valence-electron chi connectivity index (χ0n) is 14.1. The van der Waals surface area contributed by atoms with Gasteiger partial charge in [-0.1, -0.05) is 30.3 Å². The molecule has 5 heteroatoms. The molecule has 1 heterocycles. The molecule has 0 aromatic heterocycles. The Bertz CT molecular complexity index is 756. The summed E-state index contributed by atoms with van der Waals surface area (Å²) in [5, 5.41) is 5.84. The molecule has 25 heavy (non-hydrogen) atoms. The van der Waals surface area contributed by atoms with Crippen LogP contribution in [0.15, 0.2) is 48.5 Å². The van der Waals surface area contributed by atoms with Gasteiger partial charge in [-0.15, -0.1) is 0 Å². The number of nitrogen functional groups attached to an aromatic ring is 1. The summed E-state index contributed by atoms with van der Waals surface area (Å²) in [5.74, 6) is -0.145. The van der Waals surface area contributed by atoms with Crippen LogP contribution in [0.25, 0.3) is 0 Å². The van der Waals surface area contributed by atoms with Gasteiger partial charge >= 0.3 is 0 Å². The molecular weight excluding hydrogens is 314 g/mol. The molecule has 0 saturated carbocycles. The highest BCUT2D eigenvalue weighted by atomic mass is 16.2. The number of rotatable bonds is 6. The zero-order chi connectivity index (χ0) is 17.6. The highest BCUT2D eigenvalue weighted by Gasteiger charge is 2.26. The Balaban J connectivity index is 1.42. The Morgan fingerprint density at radius 2 is 1.92 bits per heavy atom. The number of carbonyl (C=O) groups excluding carboxylic acids is 2. The number of nitrogens with one attached hydrogen (secondary N) is 2. The number of hydrogen-bond acceptors (Lipinski definition) is 3. The van der Waals surface area contributed by atoms with E-state index in [2.05, 4.69) is 10.6 Å². The summed E-state index contributed by atoms with van der Waals surface area (Å²) in [6.45, 7) is 0.586. The summed E-state index contributed by atoms with van der Waals surface area (Å²) in [5.41, 5.74) is 9.55. The van der Waals surface area contributed by atoms with Crippen LogP contribution in [0.1, 0.15) is 24.0 Å². The average molecular weight is 337 g/mol. The molecule has 2 amide bonds. The van der Waals surface area contributed by atoms with Gasteiger partial charge in [0.25, 0.3) is 0 Å². The minimum Gasteiger partial charge on any atom is -0.399 e. The second-order valence-corrected chi connectivity index (χ2v) is 6.43. The summed E-state index contributed by atoms with van der Waals surface area (Å²) >= 11 is 0. The molecule has 4 N–H and O–H groups in total. The predicted molar refractivity (Wildman–Crippen MR) is 99.1 cm³/mol. The van der Waals surface area contributed by atoms with Crippen LogP contribution in [0.3, 0.4) is 0 Å². The van der Waals surface area contributed by atoms with Crippen molar-refractivity contribution in [3.05, 3.63) is 59.7 Å². The van der Waals surface area contributed by atoms with E-state index in [1.54, 1.807) is 0 Å². The third kappa shape index (κ3) is 4.59. The van der Waals surface area contributed by atoms with Crippen LogP contribution in [0.2, 0.25) is 0 Å². The van der Waals surface area contributed by atoms with Crippen molar-refractivity contribution in [1.29, 1.82) is 0 Å². The molecule has 1 aliphatic heterocycles. The van der Waals surface area contributed by atoms with E-state index in [0.29, 0.717) is 25.8 Å². The topological polar surface area (TPSA) is 84.2 Å². The first-order valence-corrected chi connectivity index (χ1v) is 8.62. The van der Waals surface area contributed by atoms with E-state index in [9.17, 15) is 9.59 Å². The molecule has 0 aliphatic carbocycles. The fourth-order valence-corrected chi connectivity index (χ4v) is 3.07. The third-order valence-electron chi connectivity index (χ3n) is 4.55. The molecule has 130 valence electrons. The first-order valence-electron chi connectivity index (χ1n) is 8.62. The highest BCUT2D eigenvalue weighted by molar-refractivity contribution is 5.96. The molecule has 5 nitrogen and oxygen atoms in total. The van der Waals surface area contributed by atoms with Crippen molar-refractivity contribution in [2.75, 3.05) is 17.6 Å². The molecule has 0 saturated heterocycles. The van der Waals surface area contributed by atoms with Crippen molar-refractivity contribution in [3.8, 4) is 0 Å². The summed E-state index contributed by atoms with van der Waals surface area (Å²) in [6, 6.07) is 15.5. The number of para-hydroxylation sites is 1. The van der Waals surface area contributed by atoms with Gasteiger partial charge < -0.3 is 16.4 Å². The second-order valence-electron chi connectivity index (χ2n) is 6.43. The van der Waals surface area contributed by atoms with E-state index in [1.807, 2.05) is 48.5 Å². The van der Waals surface area contributed by atoms with E-state index >= 15 is 0 Å². The van der Waals surface area contributed by atoms with Gasteiger partial charge in [0.2, 0.25) is 11.8 Å². The minimum atomic E-state index is -0.141. The van der Waals surface area contributed by atoms with Crippen molar-refractivity contribution in [2.24, 2.45) is 5.92 Å². The lowest BCUT2D eigenvalue weighted by molar-refractivity contribution is -0.122. The largest absolute Gasteiger partial charge is 0.399 e. The second kappa shape index (κ2) is 7.83. The molecule has 2 aromatic rings. The Morgan fingerprint density at radius 3 is 2.72 bits per heavy atom. The maximum Gasteiger partial charge on any atom is 0.227 e. The number of amides is 2. The molecular formula is C20H23N3O2. The molecule has 1 atom stereocenters. The number of nitrogens with two attached hydrogens (primary N) is 1. The van der Waals surface area contributed by atoms with Crippen molar-refractivity contribution in [2.45, 2.75) is 25.7 Å². The quantitative estimate of drug-likeness (QED) is 0.708. The molecule has 0 radical (unpaired) electrons. The normalized spacial score (nSPS) is 16.0. The first-order chi connectivity index (χ1) is 12.1. The van der Waals surface area contributed by atoms with Crippen molar-refractivity contribution in [3.63, 3.8) is 0 Å². The molecule has 2 aromatic carbocycles. The van der Waals surface area contributed by atoms with Crippen LogP contribution in [-0.4, -0.2) is 18.4 Å². The fourth-order valence-electron chi connectivity index (χ4n) is 3.07. The molecule has 1 aliphatic rings.